The fourth-order valence-electron chi connectivity index (χ4n) is 2.44. The van der Waals surface area contributed by atoms with E-state index in [2.05, 4.69) is 31.2 Å². The molecule has 1 aromatic rings. The summed E-state index contributed by atoms with van der Waals surface area (Å²) < 4.78 is 0. The maximum Gasteiger partial charge on any atom is 0.232 e. The zero-order chi connectivity index (χ0) is 14.5. The Labute approximate surface area is 125 Å². The summed E-state index contributed by atoms with van der Waals surface area (Å²) in [6.45, 7) is 5.39. The van der Waals surface area contributed by atoms with Gasteiger partial charge in [-0.05, 0) is 25.8 Å². The minimum absolute atomic E-state index is 0.199. The number of benzene rings is 1. The monoisotopic (exact) mass is 293 g/mol. The van der Waals surface area contributed by atoms with E-state index in [9.17, 15) is 9.90 Å². The lowest BCUT2D eigenvalue weighted by Gasteiger charge is -2.17. The number of nitrogens with zero attached hydrogens (tertiary/aromatic N) is 1. The second-order valence-corrected chi connectivity index (χ2v) is 6.59. The Hall–Kier alpha value is -1.00. The summed E-state index contributed by atoms with van der Waals surface area (Å²) in [6, 6.07) is 8.44. The number of rotatable bonds is 5. The van der Waals surface area contributed by atoms with Crippen LogP contribution in [-0.4, -0.2) is 40.9 Å². The van der Waals surface area contributed by atoms with E-state index in [-0.39, 0.29) is 17.9 Å². The standard InChI is InChI=1S/C16H23NO2S/c1-12-3-5-14(6-4-12)10-20-11-16(19)17-8-7-15(9-17)13(2)18/h3-6,13,15,18H,7-11H2,1-2H3. The first-order valence-electron chi connectivity index (χ1n) is 7.15. The van der Waals surface area contributed by atoms with Crippen LogP contribution in [0.15, 0.2) is 24.3 Å². The zero-order valence-corrected chi connectivity index (χ0v) is 13.0. The quantitative estimate of drug-likeness (QED) is 0.906. The van der Waals surface area contributed by atoms with E-state index in [4.69, 9.17) is 0 Å². The maximum absolute atomic E-state index is 12.1. The molecule has 0 aromatic heterocycles. The molecule has 1 fully saturated rings. The number of aliphatic hydroxyl groups excluding tert-OH is 1. The van der Waals surface area contributed by atoms with Crippen molar-refractivity contribution in [2.75, 3.05) is 18.8 Å². The van der Waals surface area contributed by atoms with Crippen LogP contribution in [0.25, 0.3) is 0 Å². The molecule has 3 nitrogen and oxygen atoms in total. The van der Waals surface area contributed by atoms with Gasteiger partial charge in [-0.1, -0.05) is 29.8 Å². The molecule has 0 spiro atoms. The van der Waals surface area contributed by atoms with Crippen LogP contribution >= 0.6 is 11.8 Å². The maximum atomic E-state index is 12.1. The number of hydrogen-bond acceptors (Lipinski definition) is 3. The molecule has 20 heavy (non-hydrogen) atoms. The summed E-state index contributed by atoms with van der Waals surface area (Å²) in [5.74, 6) is 1.85. The molecule has 4 heteroatoms. The number of carbonyl (C=O) groups is 1. The Morgan fingerprint density at radius 1 is 1.45 bits per heavy atom. The van der Waals surface area contributed by atoms with Crippen molar-refractivity contribution >= 4 is 17.7 Å². The molecule has 1 aromatic carbocycles. The number of amides is 1. The van der Waals surface area contributed by atoms with Gasteiger partial charge in [0.15, 0.2) is 0 Å². The highest BCUT2D eigenvalue weighted by Gasteiger charge is 2.28. The van der Waals surface area contributed by atoms with E-state index in [1.807, 2.05) is 11.8 Å². The van der Waals surface area contributed by atoms with Crippen molar-refractivity contribution in [3.8, 4) is 0 Å². The average molecular weight is 293 g/mol. The molecule has 2 atom stereocenters. The number of thioether (sulfide) groups is 1. The number of likely N-dealkylation sites (tertiary alicyclic amines) is 1. The summed E-state index contributed by atoms with van der Waals surface area (Å²) in [7, 11) is 0. The Bertz CT molecular complexity index is 444. The normalized spacial score (nSPS) is 20.1. The topological polar surface area (TPSA) is 40.5 Å². The van der Waals surface area contributed by atoms with Gasteiger partial charge >= 0.3 is 0 Å². The summed E-state index contributed by atoms with van der Waals surface area (Å²) in [4.78, 5) is 14.0. The molecule has 1 saturated heterocycles. The number of carbonyl (C=O) groups excluding carboxylic acids is 1. The highest BCUT2D eigenvalue weighted by atomic mass is 32.2. The van der Waals surface area contributed by atoms with Crippen LogP contribution in [0.4, 0.5) is 0 Å². The molecule has 1 aliphatic rings. The van der Waals surface area contributed by atoms with Crippen LogP contribution in [0, 0.1) is 12.8 Å². The lowest BCUT2D eigenvalue weighted by molar-refractivity contribution is -0.127. The third-order valence-electron chi connectivity index (χ3n) is 3.87. The number of aliphatic hydroxyl groups is 1. The Morgan fingerprint density at radius 2 is 2.15 bits per heavy atom. The summed E-state index contributed by atoms with van der Waals surface area (Å²) in [5, 5.41) is 9.56. The highest BCUT2D eigenvalue weighted by molar-refractivity contribution is 7.99. The predicted octanol–water partition coefficient (Wildman–Crippen LogP) is 2.46. The molecule has 0 radical (unpaired) electrons. The summed E-state index contributed by atoms with van der Waals surface area (Å²) >= 11 is 1.66. The third kappa shape index (κ3) is 4.25. The van der Waals surface area contributed by atoms with Gasteiger partial charge < -0.3 is 10.0 Å². The van der Waals surface area contributed by atoms with E-state index in [1.165, 1.54) is 11.1 Å². The Balaban J connectivity index is 1.72. The average Bonchev–Trinajstić information content (AvgIpc) is 2.91. The molecule has 0 bridgehead atoms. The second kappa shape index (κ2) is 7.14. The fraction of sp³-hybridized carbons (Fsp3) is 0.562. The third-order valence-corrected chi connectivity index (χ3v) is 4.86. The molecule has 1 aliphatic heterocycles. The van der Waals surface area contributed by atoms with Crippen molar-refractivity contribution in [1.82, 2.24) is 4.90 Å². The van der Waals surface area contributed by atoms with Gasteiger partial charge in [0.1, 0.15) is 0 Å². The first-order chi connectivity index (χ1) is 9.56. The van der Waals surface area contributed by atoms with Gasteiger partial charge in [0.05, 0.1) is 11.9 Å². The van der Waals surface area contributed by atoms with Crippen LogP contribution < -0.4 is 0 Å². The molecule has 0 saturated carbocycles. The molecule has 0 aliphatic carbocycles. The second-order valence-electron chi connectivity index (χ2n) is 5.61. The smallest absolute Gasteiger partial charge is 0.232 e. The van der Waals surface area contributed by atoms with Crippen molar-refractivity contribution in [2.24, 2.45) is 5.92 Å². The van der Waals surface area contributed by atoms with Crippen molar-refractivity contribution in [1.29, 1.82) is 0 Å². The van der Waals surface area contributed by atoms with Crippen molar-refractivity contribution in [3.05, 3.63) is 35.4 Å². The lowest BCUT2D eigenvalue weighted by atomic mass is 10.0. The van der Waals surface area contributed by atoms with Crippen LogP contribution in [-0.2, 0) is 10.5 Å². The van der Waals surface area contributed by atoms with Crippen LogP contribution in [0.5, 0.6) is 0 Å². The number of hydrogen-bond donors (Lipinski definition) is 1. The molecule has 110 valence electrons. The van der Waals surface area contributed by atoms with E-state index < -0.39 is 0 Å². The molecule has 2 unspecified atom stereocenters. The lowest BCUT2D eigenvalue weighted by Crippen LogP contribution is -2.31. The SMILES string of the molecule is Cc1ccc(CSCC(=O)N2CCC(C(C)O)C2)cc1. The van der Waals surface area contributed by atoms with E-state index in [0.717, 1.165) is 18.7 Å². The van der Waals surface area contributed by atoms with Crippen LogP contribution in [0.1, 0.15) is 24.5 Å². The minimum atomic E-state index is -0.312. The van der Waals surface area contributed by atoms with Crippen molar-refractivity contribution < 1.29 is 9.90 Å². The van der Waals surface area contributed by atoms with Crippen LogP contribution in [0.3, 0.4) is 0 Å². The molecule has 2 rings (SSSR count). The highest BCUT2D eigenvalue weighted by Crippen LogP contribution is 2.21. The van der Waals surface area contributed by atoms with Crippen LogP contribution in [0.2, 0.25) is 0 Å². The molecule has 1 N–H and O–H groups in total. The zero-order valence-electron chi connectivity index (χ0n) is 12.2. The molecular formula is C16H23NO2S. The van der Waals surface area contributed by atoms with E-state index >= 15 is 0 Å². The van der Waals surface area contributed by atoms with Gasteiger partial charge in [-0.15, -0.1) is 11.8 Å². The predicted molar refractivity (Wildman–Crippen MR) is 83.7 cm³/mol. The molecular weight excluding hydrogens is 270 g/mol. The van der Waals surface area contributed by atoms with Gasteiger partial charge in [0.25, 0.3) is 0 Å². The first kappa shape index (κ1) is 15.4. The van der Waals surface area contributed by atoms with Gasteiger partial charge in [-0.2, -0.15) is 0 Å². The number of aryl methyl sites for hydroxylation is 1. The van der Waals surface area contributed by atoms with Gasteiger partial charge in [-0.25, -0.2) is 0 Å². The van der Waals surface area contributed by atoms with E-state index in [1.54, 1.807) is 11.8 Å². The van der Waals surface area contributed by atoms with Crippen molar-refractivity contribution in [2.45, 2.75) is 32.1 Å². The van der Waals surface area contributed by atoms with Crippen molar-refractivity contribution in [3.63, 3.8) is 0 Å². The summed E-state index contributed by atoms with van der Waals surface area (Å²) in [5.41, 5.74) is 2.52. The molecule has 1 amide bonds. The van der Waals surface area contributed by atoms with Gasteiger partial charge in [0.2, 0.25) is 5.91 Å². The minimum Gasteiger partial charge on any atom is -0.393 e. The molecule has 1 heterocycles. The van der Waals surface area contributed by atoms with Gasteiger partial charge in [-0.3, -0.25) is 4.79 Å². The van der Waals surface area contributed by atoms with E-state index in [0.29, 0.717) is 12.3 Å². The Kier molecular flexibility index (Phi) is 5.49. The first-order valence-corrected chi connectivity index (χ1v) is 8.31. The Morgan fingerprint density at radius 3 is 2.75 bits per heavy atom. The fourth-order valence-corrected chi connectivity index (χ4v) is 3.33. The largest absolute Gasteiger partial charge is 0.393 e. The van der Waals surface area contributed by atoms with Gasteiger partial charge in [0, 0.05) is 24.8 Å². The summed E-state index contributed by atoms with van der Waals surface area (Å²) in [6.07, 6.45) is 0.611.